The molecule has 0 amide bonds. The normalized spacial score (nSPS) is 22.3. The van der Waals surface area contributed by atoms with E-state index in [1.165, 1.54) is 12.1 Å². The third kappa shape index (κ3) is 4.21. The molecule has 10 heteroatoms. The van der Waals surface area contributed by atoms with E-state index in [4.69, 9.17) is 14.7 Å². The zero-order valence-corrected chi connectivity index (χ0v) is 22.9. The lowest BCUT2D eigenvalue weighted by molar-refractivity contribution is -0.0661. The van der Waals surface area contributed by atoms with Crippen LogP contribution >= 0.6 is 0 Å². The fraction of sp³-hybridized carbons (Fsp3) is 0.433. The van der Waals surface area contributed by atoms with Gasteiger partial charge < -0.3 is 14.5 Å². The van der Waals surface area contributed by atoms with E-state index in [9.17, 15) is 8.78 Å². The van der Waals surface area contributed by atoms with E-state index >= 15 is 0 Å². The third-order valence-electron chi connectivity index (χ3n) is 8.92. The molecule has 4 aromatic rings. The van der Waals surface area contributed by atoms with Crippen LogP contribution in [0.25, 0.3) is 16.8 Å². The zero-order valence-electron chi connectivity index (χ0n) is 22.9. The number of hydrogen-bond acceptors (Lipinski definition) is 7. The molecule has 0 radical (unpaired) electrons. The summed E-state index contributed by atoms with van der Waals surface area (Å²) in [6, 6.07) is 10.3. The summed E-state index contributed by atoms with van der Waals surface area (Å²) in [5, 5.41) is 4.55. The van der Waals surface area contributed by atoms with Gasteiger partial charge in [0, 0.05) is 61.3 Å². The molecule has 1 atom stereocenters. The lowest BCUT2D eigenvalue weighted by Crippen LogP contribution is -2.56. The Bertz CT molecular complexity index is 1560. The Hall–Kier alpha value is -3.63. The Labute approximate surface area is 232 Å². The number of hydrogen-bond donors (Lipinski definition) is 0. The number of aryl methyl sites for hydroxylation is 1. The summed E-state index contributed by atoms with van der Waals surface area (Å²) in [6.07, 6.45) is 5.27. The SMILES string of the molecule is Cc1nc(N2CCN(C3COC3)CC2)ccc1-c1cnn2ccc(N3CCC[C@]3(C)c3cc(F)ccc3F)nc12. The number of piperazine rings is 1. The first-order valence-corrected chi connectivity index (χ1v) is 14.0. The molecule has 0 N–H and O–H groups in total. The molecule has 0 saturated carbocycles. The lowest BCUT2D eigenvalue weighted by atomic mass is 9.88. The van der Waals surface area contributed by atoms with Crippen molar-refractivity contribution in [1.82, 2.24) is 24.5 Å². The van der Waals surface area contributed by atoms with Crippen molar-refractivity contribution in [3.05, 3.63) is 71.7 Å². The van der Waals surface area contributed by atoms with Crippen LogP contribution in [0, 0.1) is 18.6 Å². The third-order valence-corrected chi connectivity index (χ3v) is 8.92. The zero-order chi connectivity index (χ0) is 27.4. The predicted molar refractivity (Wildman–Crippen MR) is 150 cm³/mol. The number of ether oxygens (including phenoxy) is 1. The monoisotopic (exact) mass is 545 g/mol. The van der Waals surface area contributed by atoms with E-state index in [0.29, 0.717) is 30.2 Å². The molecule has 3 fully saturated rings. The Balaban J connectivity index is 1.18. The number of anilines is 2. The molecule has 40 heavy (non-hydrogen) atoms. The van der Waals surface area contributed by atoms with Gasteiger partial charge in [0.2, 0.25) is 0 Å². The molecular weight excluding hydrogens is 512 g/mol. The molecule has 0 spiro atoms. The topological polar surface area (TPSA) is 62.0 Å². The number of nitrogens with zero attached hydrogens (tertiary/aromatic N) is 7. The van der Waals surface area contributed by atoms with Gasteiger partial charge >= 0.3 is 0 Å². The highest BCUT2D eigenvalue weighted by Crippen LogP contribution is 2.42. The summed E-state index contributed by atoms with van der Waals surface area (Å²) in [5.74, 6) is 0.866. The van der Waals surface area contributed by atoms with Gasteiger partial charge in [0.15, 0.2) is 5.65 Å². The molecule has 7 rings (SSSR count). The van der Waals surface area contributed by atoms with Crippen molar-refractivity contribution in [2.45, 2.75) is 38.3 Å². The van der Waals surface area contributed by atoms with Crippen LogP contribution in [0.1, 0.15) is 31.0 Å². The Morgan fingerprint density at radius 2 is 1.75 bits per heavy atom. The number of fused-ring (bicyclic) bond motifs is 1. The molecule has 3 aliphatic heterocycles. The maximum atomic E-state index is 14.9. The van der Waals surface area contributed by atoms with Crippen LogP contribution in [0.4, 0.5) is 20.4 Å². The number of benzene rings is 1. The van der Waals surface area contributed by atoms with Gasteiger partial charge in [0.25, 0.3) is 0 Å². The number of halogens is 2. The molecule has 0 unspecified atom stereocenters. The molecule has 0 bridgehead atoms. The smallest absolute Gasteiger partial charge is 0.165 e. The van der Waals surface area contributed by atoms with Gasteiger partial charge in [-0.2, -0.15) is 5.10 Å². The van der Waals surface area contributed by atoms with Crippen molar-refractivity contribution < 1.29 is 13.5 Å². The second kappa shape index (κ2) is 9.78. The molecular formula is C30H33F2N7O. The Morgan fingerprint density at radius 3 is 2.50 bits per heavy atom. The van der Waals surface area contributed by atoms with E-state index in [-0.39, 0.29) is 0 Å². The first-order chi connectivity index (χ1) is 19.4. The molecule has 3 aromatic heterocycles. The minimum atomic E-state index is -0.702. The van der Waals surface area contributed by atoms with Gasteiger partial charge in [0.05, 0.1) is 31.0 Å². The standard InChI is InChI=1S/C30H33F2N7O/c1-20-23(5-7-27(34-20)37-14-12-36(13-15-37)22-18-40-19-22)24-17-33-39-11-8-28(35-29(24)39)38-10-3-9-30(38,2)25-16-21(31)4-6-26(25)32/h4-8,11,16-17,22H,3,9-10,12-15,18-19H2,1-2H3/t30-/m1/s1. The van der Waals surface area contributed by atoms with Gasteiger partial charge in [-0.3, -0.25) is 4.90 Å². The summed E-state index contributed by atoms with van der Waals surface area (Å²) in [4.78, 5) is 16.9. The highest BCUT2D eigenvalue weighted by Gasteiger charge is 2.41. The average Bonchev–Trinajstić information content (AvgIpc) is 3.53. The summed E-state index contributed by atoms with van der Waals surface area (Å²) in [5.41, 5.74) is 3.16. The summed E-state index contributed by atoms with van der Waals surface area (Å²) in [7, 11) is 0. The Morgan fingerprint density at radius 1 is 0.925 bits per heavy atom. The minimum Gasteiger partial charge on any atom is -0.378 e. The maximum Gasteiger partial charge on any atom is 0.165 e. The summed E-state index contributed by atoms with van der Waals surface area (Å²) >= 11 is 0. The van der Waals surface area contributed by atoms with Gasteiger partial charge in [-0.25, -0.2) is 23.3 Å². The van der Waals surface area contributed by atoms with Crippen LogP contribution in [0.15, 0.2) is 48.8 Å². The van der Waals surface area contributed by atoms with Crippen LogP contribution in [0.2, 0.25) is 0 Å². The second-order valence-electron chi connectivity index (χ2n) is 11.3. The molecule has 8 nitrogen and oxygen atoms in total. The van der Waals surface area contributed by atoms with E-state index in [1.807, 2.05) is 32.3 Å². The highest BCUT2D eigenvalue weighted by atomic mass is 19.1. The van der Waals surface area contributed by atoms with Crippen LogP contribution < -0.4 is 9.80 Å². The fourth-order valence-corrected chi connectivity index (χ4v) is 6.48. The number of rotatable bonds is 5. The minimum absolute atomic E-state index is 0.359. The van der Waals surface area contributed by atoms with Crippen LogP contribution in [-0.4, -0.2) is 76.5 Å². The molecule has 3 aliphatic rings. The predicted octanol–water partition coefficient (Wildman–Crippen LogP) is 4.41. The highest BCUT2D eigenvalue weighted by molar-refractivity contribution is 5.79. The quantitative estimate of drug-likeness (QED) is 0.368. The molecule has 6 heterocycles. The van der Waals surface area contributed by atoms with Crippen molar-refractivity contribution in [3.8, 4) is 11.1 Å². The van der Waals surface area contributed by atoms with Crippen LogP contribution in [0.5, 0.6) is 0 Å². The van der Waals surface area contributed by atoms with Crippen molar-refractivity contribution in [1.29, 1.82) is 0 Å². The lowest BCUT2D eigenvalue weighted by Gasteiger charge is -2.42. The van der Waals surface area contributed by atoms with Crippen molar-refractivity contribution in [3.63, 3.8) is 0 Å². The van der Waals surface area contributed by atoms with Crippen LogP contribution in [-0.2, 0) is 10.3 Å². The van der Waals surface area contributed by atoms with Gasteiger partial charge in [-0.1, -0.05) is 0 Å². The van der Waals surface area contributed by atoms with Gasteiger partial charge in [0.1, 0.15) is 23.3 Å². The van der Waals surface area contributed by atoms with Gasteiger partial charge in [-0.15, -0.1) is 0 Å². The molecule has 1 aromatic carbocycles. The van der Waals surface area contributed by atoms with E-state index in [1.54, 1.807) is 4.52 Å². The average molecular weight is 546 g/mol. The molecule has 3 saturated heterocycles. The molecule has 0 aliphatic carbocycles. The van der Waals surface area contributed by atoms with Gasteiger partial charge in [-0.05, 0) is 63.1 Å². The van der Waals surface area contributed by atoms with E-state index in [2.05, 4.69) is 31.9 Å². The van der Waals surface area contributed by atoms with Crippen molar-refractivity contribution in [2.75, 3.05) is 55.7 Å². The molecule has 208 valence electrons. The first-order valence-electron chi connectivity index (χ1n) is 14.0. The maximum absolute atomic E-state index is 14.9. The summed E-state index contributed by atoms with van der Waals surface area (Å²) in [6.45, 7) is 10.3. The largest absolute Gasteiger partial charge is 0.378 e. The van der Waals surface area contributed by atoms with Crippen molar-refractivity contribution >= 4 is 17.3 Å². The fourth-order valence-electron chi connectivity index (χ4n) is 6.48. The van der Waals surface area contributed by atoms with E-state index in [0.717, 1.165) is 80.3 Å². The Kier molecular flexibility index (Phi) is 6.20. The second-order valence-corrected chi connectivity index (χ2v) is 11.3. The number of pyridine rings is 1. The van der Waals surface area contributed by atoms with Crippen molar-refractivity contribution in [2.24, 2.45) is 0 Å². The summed E-state index contributed by atoms with van der Waals surface area (Å²) < 4.78 is 36.1. The van der Waals surface area contributed by atoms with E-state index < -0.39 is 17.2 Å². The first kappa shape index (κ1) is 25.3. The van der Waals surface area contributed by atoms with Crippen LogP contribution in [0.3, 0.4) is 0 Å². The number of aromatic nitrogens is 4.